The number of carbonyl (C=O) groups excluding carboxylic acids is 2. The highest BCUT2D eigenvalue weighted by Crippen LogP contribution is 2.38. The van der Waals surface area contributed by atoms with Crippen molar-refractivity contribution in [2.75, 3.05) is 0 Å². The molecular formula is C30H28N8O3S5. The Bertz CT molecular complexity index is 2020. The predicted molar refractivity (Wildman–Crippen MR) is 184 cm³/mol. The van der Waals surface area contributed by atoms with Gasteiger partial charge in [0.1, 0.15) is 54.5 Å². The van der Waals surface area contributed by atoms with Gasteiger partial charge in [-0.2, -0.15) is 0 Å². The number of aryl methyl sites for hydroxylation is 1. The van der Waals surface area contributed by atoms with Crippen LogP contribution in [0.2, 0.25) is 0 Å². The normalized spacial score (nSPS) is 12.8. The van der Waals surface area contributed by atoms with Gasteiger partial charge in [0, 0.05) is 44.6 Å². The second-order valence-electron chi connectivity index (χ2n) is 10.8. The average molecular weight is 709 g/mol. The van der Waals surface area contributed by atoms with Crippen LogP contribution in [0.15, 0.2) is 39.0 Å². The van der Waals surface area contributed by atoms with Crippen molar-refractivity contribution in [2.45, 2.75) is 46.3 Å². The van der Waals surface area contributed by atoms with E-state index in [9.17, 15) is 14.7 Å². The summed E-state index contributed by atoms with van der Waals surface area (Å²) in [6.07, 6.45) is -0.148. The maximum atomic E-state index is 13.1. The summed E-state index contributed by atoms with van der Waals surface area (Å²) in [6, 6.07) is 2.95. The van der Waals surface area contributed by atoms with Crippen molar-refractivity contribution in [1.29, 1.82) is 0 Å². The average Bonchev–Trinajstić information content (AvgIpc) is 3.85. The summed E-state index contributed by atoms with van der Waals surface area (Å²) < 4.78 is 0. The summed E-state index contributed by atoms with van der Waals surface area (Å²) in [4.78, 5) is 53.0. The van der Waals surface area contributed by atoms with Gasteiger partial charge in [0.2, 0.25) is 0 Å². The van der Waals surface area contributed by atoms with Gasteiger partial charge < -0.3 is 16.2 Å². The van der Waals surface area contributed by atoms with Crippen LogP contribution in [0.1, 0.15) is 63.5 Å². The first-order valence-electron chi connectivity index (χ1n) is 14.1. The smallest absolute Gasteiger partial charge is 0.271 e. The molecule has 6 aromatic rings. The number of aromatic nitrogens is 6. The number of nitrogens with one attached hydrogen (secondary N) is 1. The summed E-state index contributed by atoms with van der Waals surface area (Å²) in [5.41, 5.74) is 9.99. The van der Waals surface area contributed by atoms with E-state index in [1.54, 1.807) is 17.7 Å². The van der Waals surface area contributed by atoms with E-state index >= 15 is 0 Å². The highest BCUT2D eigenvalue weighted by molar-refractivity contribution is 7.15. The molecule has 4 N–H and O–H groups in total. The van der Waals surface area contributed by atoms with Crippen molar-refractivity contribution in [2.24, 2.45) is 11.7 Å². The van der Waals surface area contributed by atoms with Crippen molar-refractivity contribution in [3.05, 3.63) is 66.1 Å². The third-order valence-corrected chi connectivity index (χ3v) is 11.1. The molecule has 6 aromatic heterocycles. The van der Waals surface area contributed by atoms with Crippen LogP contribution in [0.3, 0.4) is 0 Å². The van der Waals surface area contributed by atoms with Crippen LogP contribution < -0.4 is 11.1 Å². The van der Waals surface area contributed by atoms with Gasteiger partial charge in [-0.3, -0.25) is 9.59 Å². The maximum Gasteiger partial charge on any atom is 0.271 e. The molecule has 0 spiro atoms. The molecule has 0 bridgehead atoms. The van der Waals surface area contributed by atoms with Crippen LogP contribution >= 0.6 is 56.7 Å². The van der Waals surface area contributed by atoms with E-state index in [0.29, 0.717) is 49.3 Å². The monoisotopic (exact) mass is 708 g/mol. The Morgan fingerprint density at radius 1 is 0.783 bits per heavy atom. The van der Waals surface area contributed by atoms with Crippen molar-refractivity contribution >= 4 is 68.5 Å². The lowest BCUT2D eigenvalue weighted by atomic mass is 10.1. The van der Waals surface area contributed by atoms with E-state index in [-0.39, 0.29) is 11.6 Å². The number of aliphatic hydroxyl groups is 1. The van der Waals surface area contributed by atoms with Crippen LogP contribution in [-0.2, 0) is 6.42 Å². The largest absolute Gasteiger partial charge is 0.391 e. The number of carbonyl (C=O) groups is 2. The molecule has 0 saturated carbocycles. The van der Waals surface area contributed by atoms with Gasteiger partial charge in [-0.25, -0.2) is 29.9 Å². The van der Waals surface area contributed by atoms with Gasteiger partial charge in [0.25, 0.3) is 11.8 Å². The Morgan fingerprint density at radius 2 is 1.50 bits per heavy atom. The first kappa shape index (κ1) is 32.2. The molecule has 6 rings (SSSR count). The van der Waals surface area contributed by atoms with E-state index in [4.69, 9.17) is 20.7 Å². The summed E-state index contributed by atoms with van der Waals surface area (Å²) >= 11 is 7.01. The Hall–Kier alpha value is -3.80. The van der Waals surface area contributed by atoms with Crippen LogP contribution in [0.4, 0.5) is 0 Å². The van der Waals surface area contributed by atoms with E-state index in [0.717, 1.165) is 27.8 Å². The summed E-state index contributed by atoms with van der Waals surface area (Å²) in [6.45, 7) is 7.75. The number of nitrogens with zero attached hydrogens (tertiary/aromatic N) is 6. The Kier molecular flexibility index (Phi) is 9.44. The van der Waals surface area contributed by atoms with Gasteiger partial charge in [0.05, 0.1) is 16.8 Å². The third-order valence-electron chi connectivity index (χ3n) is 6.61. The number of aliphatic hydroxyl groups excluding tert-OH is 1. The van der Waals surface area contributed by atoms with Gasteiger partial charge in [-0.15, -0.1) is 56.7 Å². The third kappa shape index (κ3) is 6.96. The topological polar surface area (TPSA) is 170 Å². The Balaban J connectivity index is 1.35. The molecule has 0 fully saturated rings. The van der Waals surface area contributed by atoms with Gasteiger partial charge in [-0.1, -0.05) is 13.8 Å². The molecule has 0 aliphatic carbocycles. The number of hydrogen-bond acceptors (Lipinski definition) is 14. The number of amides is 2. The fraction of sp³-hybridized carbons (Fsp3) is 0.267. The zero-order valence-corrected chi connectivity index (χ0v) is 29.1. The van der Waals surface area contributed by atoms with Gasteiger partial charge >= 0.3 is 0 Å². The summed E-state index contributed by atoms with van der Waals surface area (Å²) in [5, 5.41) is 26.2. The number of rotatable bonds is 11. The molecule has 2 unspecified atom stereocenters. The first-order valence-corrected chi connectivity index (χ1v) is 18.5. The molecule has 2 amide bonds. The van der Waals surface area contributed by atoms with Crippen molar-refractivity contribution in [1.82, 2.24) is 35.2 Å². The quantitative estimate of drug-likeness (QED) is 0.136. The highest BCUT2D eigenvalue weighted by Gasteiger charge is 2.27. The second-order valence-corrected chi connectivity index (χ2v) is 15.2. The number of pyridine rings is 1. The molecule has 46 heavy (non-hydrogen) atoms. The lowest BCUT2D eigenvalue weighted by Gasteiger charge is -2.18. The summed E-state index contributed by atoms with van der Waals surface area (Å²) in [7, 11) is 0. The van der Waals surface area contributed by atoms with Crippen LogP contribution in [0, 0.1) is 12.8 Å². The minimum absolute atomic E-state index is 0.160. The maximum absolute atomic E-state index is 13.1. The molecule has 0 aliphatic rings. The molecule has 236 valence electrons. The summed E-state index contributed by atoms with van der Waals surface area (Å²) in [5.74, 6) is -0.583. The van der Waals surface area contributed by atoms with Gasteiger partial charge in [0.15, 0.2) is 0 Å². The van der Waals surface area contributed by atoms with Crippen LogP contribution in [0.5, 0.6) is 0 Å². The number of primary amides is 1. The minimum atomic E-state index is -0.934. The van der Waals surface area contributed by atoms with Crippen molar-refractivity contribution in [3.63, 3.8) is 0 Å². The molecular weight excluding hydrogens is 681 g/mol. The predicted octanol–water partition coefficient (Wildman–Crippen LogP) is 6.49. The van der Waals surface area contributed by atoms with Crippen LogP contribution in [-0.4, -0.2) is 52.9 Å². The van der Waals surface area contributed by atoms with Crippen molar-refractivity contribution < 1.29 is 14.7 Å². The van der Waals surface area contributed by atoms with Crippen LogP contribution in [0.25, 0.3) is 43.4 Å². The molecule has 11 nitrogen and oxygen atoms in total. The van der Waals surface area contributed by atoms with Crippen molar-refractivity contribution in [3.8, 4) is 43.4 Å². The lowest BCUT2D eigenvalue weighted by Crippen LogP contribution is -2.35. The molecule has 0 saturated heterocycles. The second kappa shape index (κ2) is 13.5. The number of hydrogen-bond donors (Lipinski definition) is 3. The zero-order chi connectivity index (χ0) is 32.5. The van der Waals surface area contributed by atoms with E-state index in [1.165, 1.54) is 56.7 Å². The highest BCUT2D eigenvalue weighted by atomic mass is 32.1. The molecule has 2 atom stereocenters. The zero-order valence-electron chi connectivity index (χ0n) is 25.0. The standard InChI is InChI=1S/C30H28N8O3S5/c1-13(2)7-22-33-20(11-42-22)26(41)38-23(15(4)39)30-35-18(9-46-30)24-16(27-36-19(10-44-27)25(31)40)5-6-17(34-24)28-37-21(12-45-28)29-32-14(3)8-43-29/h5-6,8-13,15,23,39H,7H2,1-4H3,(H2,31,40)(H,38,41). The Morgan fingerprint density at radius 3 is 2.20 bits per heavy atom. The first-order chi connectivity index (χ1) is 22.0. The fourth-order valence-corrected chi connectivity index (χ4v) is 8.80. The minimum Gasteiger partial charge on any atom is -0.391 e. The molecule has 0 radical (unpaired) electrons. The number of thiazole rings is 5. The fourth-order valence-electron chi connectivity index (χ4n) is 4.42. The van der Waals surface area contributed by atoms with E-state index < -0.39 is 18.1 Å². The SMILES string of the molecule is Cc1csc(-c2csc(-c3ccc(-c4nc(C(N)=O)cs4)c(-c4csc(C(NC(=O)c5csc(CC(C)C)n5)C(C)O)n4)n3)n2)n1. The van der Waals surface area contributed by atoms with E-state index in [2.05, 4.69) is 34.1 Å². The molecule has 6 heterocycles. The molecule has 0 aliphatic heterocycles. The van der Waals surface area contributed by atoms with E-state index in [1.807, 2.05) is 35.2 Å². The van der Waals surface area contributed by atoms with Gasteiger partial charge in [-0.05, 0) is 31.9 Å². The molecule has 0 aromatic carbocycles. The molecule has 16 heteroatoms. The number of nitrogens with two attached hydrogens (primary N) is 1. The lowest BCUT2D eigenvalue weighted by molar-refractivity contribution is 0.0853. The Labute approximate surface area is 284 Å².